The molecule has 0 saturated heterocycles. The van der Waals surface area contributed by atoms with Gasteiger partial charge in [0, 0.05) is 18.2 Å². The van der Waals surface area contributed by atoms with Gasteiger partial charge in [-0.15, -0.1) is 0 Å². The molecule has 21 heavy (non-hydrogen) atoms. The minimum atomic E-state index is 0.365. The molecule has 0 radical (unpaired) electrons. The van der Waals surface area contributed by atoms with Crippen LogP contribution in [0.5, 0.6) is 11.5 Å². The SMILES string of the molecule is COc1ccc(C2=NCCC2c2ccc(OC)cc2)cc1. The molecule has 3 rings (SSSR count). The van der Waals surface area contributed by atoms with Crippen molar-refractivity contribution in [1.29, 1.82) is 0 Å². The lowest BCUT2D eigenvalue weighted by Gasteiger charge is -2.14. The highest BCUT2D eigenvalue weighted by atomic mass is 16.5. The van der Waals surface area contributed by atoms with Crippen molar-refractivity contribution in [3.8, 4) is 11.5 Å². The summed E-state index contributed by atoms with van der Waals surface area (Å²) in [5.74, 6) is 2.13. The zero-order valence-electron chi connectivity index (χ0n) is 12.4. The van der Waals surface area contributed by atoms with Gasteiger partial charge in [0.1, 0.15) is 11.5 Å². The quantitative estimate of drug-likeness (QED) is 0.856. The van der Waals surface area contributed by atoms with Crippen molar-refractivity contribution in [2.24, 2.45) is 4.99 Å². The van der Waals surface area contributed by atoms with Gasteiger partial charge in [-0.05, 0) is 53.9 Å². The third-order valence-electron chi connectivity index (χ3n) is 3.93. The average Bonchev–Trinajstić information content (AvgIpc) is 3.04. The molecule has 2 aromatic rings. The van der Waals surface area contributed by atoms with Crippen molar-refractivity contribution in [3.63, 3.8) is 0 Å². The second-order valence-electron chi connectivity index (χ2n) is 5.11. The number of methoxy groups -OCH3 is 2. The summed E-state index contributed by atoms with van der Waals surface area (Å²) < 4.78 is 10.4. The monoisotopic (exact) mass is 281 g/mol. The van der Waals surface area contributed by atoms with Crippen LogP contribution in [-0.2, 0) is 0 Å². The molecule has 1 heterocycles. The summed E-state index contributed by atoms with van der Waals surface area (Å²) in [6, 6.07) is 16.4. The van der Waals surface area contributed by atoms with E-state index < -0.39 is 0 Å². The summed E-state index contributed by atoms with van der Waals surface area (Å²) in [4.78, 5) is 4.71. The first-order valence-electron chi connectivity index (χ1n) is 7.14. The molecular formula is C18H19NO2. The molecule has 0 fully saturated rings. The average molecular weight is 281 g/mol. The fraction of sp³-hybridized carbons (Fsp3) is 0.278. The van der Waals surface area contributed by atoms with Gasteiger partial charge in [0.05, 0.1) is 14.2 Å². The Morgan fingerprint density at radius 1 is 0.857 bits per heavy atom. The number of nitrogens with zero attached hydrogens (tertiary/aromatic N) is 1. The molecule has 0 spiro atoms. The van der Waals surface area contributed by atoms with Gasteiger partial charge in [-0.3, -0.25) is 4.99 Å². The Bertz CT molecular complexity index is 629. The van der Waals surface area contributed by atoms with Crippen LogP contribution in [0, 0.1) is 0 Å². The predicted molar refractivity (Wildman–Crippen MR) is 84.8 cm³/mol. The first-order valence-corrected chi connectivity index (χ1v) is 7.14. The maximum Gasteiger partial charge on any atom is 0.118 e. The van der Waals surface area contributed by atoms with Crippen LogP contribution in [-0.4, -0.2) is 26.5 Å². The third kappa shape index (κ3) is 2.77. The first kappa shape index (κ1) is 13.7. The van der Waals surface area contributed by atoms with E-state index in [2.05, 4.69) is 24.3 Å². The fourth-order valence-electron chi connectivity index (χ4n) is 2.78. The predicted octanol–water partition coefficient (Wildman–Crippen LogP) is 3.68. The van der Waals surface area contributed by atoms with E-state index in [4.69, 9.17) is 14.5 Å². The lowest BCUT2D eigenvalue weighted by atomic mass is 9.89. The molecule has 108 valence electrons. The van der Waals surface area contributed by atoms with Crippen molar-refractivity contribution in [2.75, 3.05) is 20.8 Å². The molecule has 0 aliphatic carbocycles. The van der Waals surface area contributed by atoms with Crippen molar-refractivity contribution in [1.82, 2.24) is 0 Å². The van der Waals surface area contributed by atoms with Gasteiger partial charge in [-0.1, -0.05) is 12.1 Å². The zero-order chi connectivity index (χ0) is 14.7. The molecule has 0 amide bonds. The van der Waals surface area contributed by atoms with E-state index >= 15 is 0 Å². The Kier molecular flexibility index (Phi) is 3.91. The van der Waals surface area contributed by atoms with Gasteiger partial charge < -0.3 is 9.47 Å². The lowest BCUT2D eigenvalue weighted by molar-refractivity contribution is 0.414. The van der Waals surface area contributed by atoms with Crippen LogP contribution in [0.1, 0.15) is 23.5 Å². The molecule has 3 nitrogen and oxygen atoms in total. The molecule has 0 N–H and O–H groups in total. The molecular weight excluding hydrogens is 262 g/mol. The van der Waals surface area contributed by atoms with E-state index in [-0.39, 0.29) is 0 Å². The Hall–Kier alpha value is -2.29. The lowest BCUT2D eigenvalue weighted by Crippen LogP contribution is -2.09. The van der Waals surface area contributed by atoms with Crippen molar-refractivity contribution < 1.29 is 9.47 Å². The first-order chi connectivity index (χ1) is 10.3. The second-order valence-corrected chi connectivity index (χ2v) is 5.11. The van der Waals surface area contributed by atoms with Crippen LogP contribution in [0.25, 0.3) is 0 Å². The Balaban J connectivity index is 1.86. The van der Waals surface area contributed by atoms with E-state index in [0.29, 0.717) is 5.92 Å². The number of hydrogen-bond donors (Lipinski definition) is 0. The summed E-state index contributed by atoms with van der Waals surface area (Å²) in [5, 5.41) is 0. The van der Waals surface area contributed by atoms with Gasteiger partial charge in [0.2, 0.25) is 0 Å². The largest absolute Gasteiger partial charge is 0.497 e. The topological polar surface area (TPSA) is 30.8 Å². The normalized spacial score (nSPS) is 17.4. The Morgan fingerprint density at radius 3 is 2.00 bits per heavy atom. The van der Waals surface area contributed by atoms with Crippen molar-refractivity contribution in [2.45, 2.75) is 12.3 Å². The highest BCUT2D eigenvalue weighted by Gasteiger charge is 2.24. The highest BCUT2D eigenvalue weighted by molar-refractivity contribution is 6.06. The minimum absolute atomic E-state index is 0.365. The van der Waals surface area contributed by atoms with Gasteiger partial charge in [0.25, 0.3) is 0 Å². The second kappa shape index (κ2) is 6.00. The molecule has 1 aliphatic rings. The summed E-state index contributed by atoms with van der Waals surface area (Å²) in [6.45, 7) is 0.887. The van der Waals surface area contributed by atoms with Crippen LogP contribution in [0.4, 0.5) is 0 Å². The van der Waals surface area contributed by atoms with Gasteiger partial charge in [-0.2, -0.15) is 0 Å². The van der Waals surface area contributed by atoms with Gasteiger partial charge in [0.15, 0.2) is 0 Å². The molecule has 3 heteroatoms. The molecule has 0 aromatic heterocycles. The third-order valence-corrected chi connectivity index (χ3v) is 3.93. The molecule has 1 unspecified atom stereocenters. The molecule has 0 saturated carbocycles. The van der Waals surface area contributed by atoms with E-state index in [1.807, 2.05) is 24.3 Å². The number of rotatable bonds is 4. The number of benzene rings is 2. The molecule has 1 atom stereocenters. The van der Waals surface area contributed by atoms with E-state index in [0.717, 1.165) is 24.5 Å². The maximum atomic E-state index is 5.22. The van der Waals surface area contributed by atoms with Crippen LogP contribution in [0.3, 0.4) is 0 Å². The summed E-state index contributed by atoms with van der Waals surface area (Å²) in [6.07, 6.45) is 1.06. The minimum Gasteiger partial charge on any atom is -0.497 e. The van der Waals surface area contributed by atoms with Crippen LogP contribution < -0.4 is 9.47 Å². The van der Waals surface area contributed by atoms with Gasteiger partial charge >= 0.3 is 0 Å². The molecule has 0 bridgehead atoms. The van der Waals surface area contributed by atoms with Crippen molar-refractivity contribution in [3.05, 3.63) is 59.7 Å². The van der Waals surface area contributed by atoms with E-state index in [1.165, 1.54) is 16.8 Å². The van der Waals surface area contributed by atoms with Crippen molar-refractivity contribution >= 4 is 5.71 Å². The van der Waals surface area contributed by atoms with Crippen LogP contribution >= 0.6 is 0 Å². The number of ether oxygens (including phenoxy) is 2. The smallest absolute Gasteiger partial charge is 0.118 e. The van der Waals surface area contributed by atoms with Crippen LogP contribution in [0.2, 0.25) is 0 Å². The maximum absolute atomic E-state index is 5.22. The summed E-state index contributed by atoms with van der Waals surface area (Å²) in [5.41, 5.74) is 3.64. The number of aliphatic imine (C=N–C) groups is 1. The standard InChI is InChI=1S/C18H19NO2/c1-20-15-7-3-13(4-8-15)17-11-12-19-18(17)14-5-9-16(21-2)10-6-14/h3-10,17H,11-12H2,1-2H3. The van der Waals surface area contributed by atoms with Gasteiger partial charge in [-0.25, -0.2) is 0 Å². The van der Waals surface area contributed by atoms with Crippen LogP contribution in [0.15, 0.2) is 53.5 Å². The number of hydrogen-bond acceptors (Lipinski definition) is 3. The summed E-state index contributed by atoms with van der Waals surface area (Å²) >= 11 is 0. The fourth-order valence-corrected chi connectivity index (χ4v) is 2.78. The Labute approximate surface area is 125 Å². The summed E-state index contributed by atoms with van der Waals surface area (Å²) in [7, 11) is 3.37. The highest BCUT2D eigenvalue weighted by Crippen LogP contribution is 2.31. The Morgan fingerprint density at radius 2 is 1.43 bits per heavy atom. The molecule has 2 aromatic carbocycles. The van der Waals surface area contributed by atoms with E-state index in [9.17, 15) is 0 Å². The zero-order valence-corrected chi connectivity index (χ0v) is 12.4. The van der Waals surface area contributed by atoms with E-state index in [1.54, 1.807) is 14.2 Å². The molecule has 1 aliphatic heterocycles.